The van der Waals surface area contributed by atoms with Gasteiger partial charge in [0.25, 0.3) is 0 Å². The van der Waals surface area contributed by atoms with Crippen LogP contribution in [0.25, 0.3) is 0 Å². The first-order chi connectivity index (χ1) is 14.5. The van der Waals surface area contributed by atoms with Crippen LogP contribution in [-0.4, -0.2) is 13.4 Å². The predicted octanol–water partition coefficient (Wildman–Crippen LogP) is 5.01. The van der Waals surface area contributed by atoms with Gasteiger partial charge in [0.05, 0.1) is 6.61 Å². The summed E-state index contributed by atoms with van der Waals surface area (Å²) < 4.78 is 33.1. The minimum atomic E-state index is -3.17. The van der Waals surface area contributed by atoms with Gasteiger partial charge in [-0.15, -0.1) is 0 Å². The Morgan fingerprint density at radius 1 is 0.933 bits per heavy atom. The highest BCUT2D eigenvalue weighted by atomic mass is 127. The van der Waals surface area contributed by atoms with Crippen LogP contribution >= 0.6 is 29.7 Å². The van der Waals surface area contributed by atoms with Gasteiger partial charge in [0.2, 0.25) is 12.5 Å². The van der Waals surface area contributed by atoms with Crippen molar-refractivity contribution in [3.05, 3.63) is 71.3 Å². The third kappa shape index (κ3) is 3.63. The highest BCUT2D eigenvalue weighted by molar-refractivity contribution is 14.1. The molecule has 0 saturated carbocycles. The van der Waals surface area contributed by atoms with Crippen molar-refractivity contribution in [3.63, 3.8) is 0 Å². The van der Waals surface area contributed by atoms with Crippen LogP contribution in [0.4, 0.5) is 0 Å². The van der Waals surface area contributed by atoms with Gasteiger partial charge < -0.3 is 18.8 Å². The van der Waals surface area contributed by atoms with Crippen LogP contribution in [0.15, 0.2) is 54.6 Å². The van der Waals surface area contributed by atoms with E-state index < -0.39 is 7.14 Å². The zero-order valence-electron chi connectivity index (χ0n) is 17.3. The summed E-state index contributed by atoms with van der Waals surface area (Å²) in [6, 6.07) is 17.8. The maximum absolute atomic E-state index is 15.0. The fourth-order valence-electron chi connectivity index (χ4n) is 3.69. The number of benzene rings is 3. The molecule has 0 bridgehead atoms. The molecule has 156 valence electrons. The van der Waals surface area contributed by atoms with Crippen LogP contribution in [0.3, 0.4) is 0 Å². The lowest BCUT2D eigenvalue weighted by Gasteiger charge is -2.24. The van der Waals surface area contributed by atoms with Crippen LogP contribution in [0.1, 0.15) is 23.6 Å². The average Bonchev–Trinajstić information content (AvgIpc) is 3.24. The lowest BCUT2D eigenvalue weighted by molar-refractivity contribution is 0.169. The van der Waals surface area contributed by atoms with Crippen LogP contribution in [0, 0.1) is 13.8 Å². The first kappa shape index (κ1) is 21.3. The van der Waals surface area contributed by atoms with Crippen molar-refractivity contribution in [1.82, 2.24) is 0 Å². The van der Waals surface area contributed by atoms with Gasteiger partial charge in [0.15, 0.2) is 18.6 Å². The Hall–Kier alpha value is -1.98. The Bertz CT molecular complexity index is 1060. The highest BCUT2D eigenvalue weighted by Gasteiger charge is 2.37. The number of fused-ring (bicyclic) bond motifs is 1. The minimum absolute atomic E-state index is 0.141. The van der Waals surface area contributed by atoms with E-state index in [1.165, 1.54) is 0 Å². The minimum Gasteiger partial charge on any atom is -0.490 e. The van der Waals surface area contributed by atoms with Gasteiger partial charge in [-0.25, -0.2) is 0 Å². The van der Waals surface area contributed by atoms with Crippen molar-refractivity contribution >= 4 is 45.6 Å². The van der Waals surface area contributed by atoms with E-state index in [1.54, 1.807) is 0 Å². The fraction of sp³-hybridized carbons (Fsp3) is 0.250. The van der Waals surface area contributed by atoms with Crippen molar-refractivity contribution in [1.29, 1.82) is 0 Å². The van der Waals surface area contributed by atoms with Gasteiger partial charge >= 0.3 is 0 Å². The first-order valence-corrected chi connectivity index (χ1v) is 13.1. The molecule has 0 atom stereocenters. The second kappa shape index (κ2) is 8.64. The van der Waals surface area contributed by atoms with Crippen molar-refractivity contribution < 1.29 is 18.8 Å². The maximum Gasteiger partial charge on any atom is 0.231 e. The molecule has 1 aliphatic rings. The molecule has 0 fully saturated rings. The lowest BCUT2D eigenvalue weighted by atomic mass is 10.2. The maximum atomic E-state index is 15.0. The molecule has 4 rings (SSSR count). The summed E-state index contributed by atoms with van der Waals surface area (Å²) in [4.78, 5) is 0. The molecule has 0 N–H and O–H groups in total. The molecule has 3 aromatic carbocycles. The molecule has 0 saturated heterocycles. The van der Waals surface area contributed by atoms with Gasteiger partial charge in [0, 0.05) is 25.9 Å². The third-order valence-electron chi connectivity index (χ3n) is 5.26. The smallest absolute Gasteiger partial charge is 0.231 e. The van der Waals surface area contributed by atoms with Gasteiger partial charge in [-0.3, -0.25) is 0 Å². The van der Waals surface area contributed by atoms with E-state index in [9.17, 15) is 0 Å². The Kier molecular flexibility index (Phi) is 6.12. The standard InChI is InChI=1S/C24H24IO4P/c1-4-27-21-13-22(20(14-25)23-24(21)29-15-28-23)30(26,18-9-5-16(2)6-10-18)19-11-7-17(3)8-12-19/h5-13H,4,14-15H2,1-3H3. The zero-order chi connectivity index (χ0) is 21.3. The SMILES string of the molecule is CCOc1cc(P(=O)(c2ccc(C)cc2)c2ccc(C)cc2)c(CI)c2c1OCO2. The van der Waals surface area contributed by atoms with E-state index in [-0.39, 0.29) is 6.79 Å². The summed E-state index contributed by atoms with van der Waals surface area (Å²) in [6.45, 7) is 6.61. The summed E-state index contributed by atoms with van der Waals surface area (Å²) in [6.07, 6.45) is 0. The molecule has 0 aromatic heterocycles. The topological polar surface area (TPSA) is 44.8 Å². The van der Waals surface area contributed by atoms with Crippen molar-refractivity contribution in [3.8, 4) is 17.2 Å². The summed E-state index contributed by atoms with van der Waals surface area (Å²) in [5.41, 5.74) is 3.16. The van der Waals surface area contributed by atoms with E-state index >= 15 is 4.57 Å². The molecule has 6 heteroatoms. The van der Waals surface area contributed by atoms with Crippen LogP contribution < -0.4 is 30.1 Å². The number of halogens is 1. The second-order valence-corrected chi connectivity index (χ2v) is 10.8. The normalized spacial score (nSPS) is 12.8. The van der Waals surface area contributed by atoms with E-state index in [1.807, 2.05) is 75.4 Å². The highest BCUT2D eigenvalue weighted by Crippen LogP contribution is 2.51. The third-order valence-corrected chi connectivity index (χ3v) is 9.15. The molecule has 1 heterocycles. The monoisotopic (exact) mass is 534 g/mol. The zero-order valence-corrected chi connectivity index (χ0v) is 20.3. The molecular formula is C24H24IO4P. The van der Waals surface area contributed by atoms with E-state index in [0.29, 0.717) is 28.3 Å². The van der Waals surface area contributed by atoms with Crippen molar-refractivity contribution in [2.24, 2.45) is 0 Å². The van der Waals surface area contributed by atoms with Crippen LogP contribution in [-0.2, 0) is 8.99 Å². The Balaban J connectivity index is 2.05. The molecular weight excluding hydrogens is 510 g/mol. The molecule has 4 nitrogen and oxygen atoms in total. The largest absolute Gasteiger partial charge is 0.490 e. The lowest BCUT2D eigenvalue weighted by Crippen LogP contribution is -2.27. The summed E-state index contributed by atoms with van der Waals surface area (Å²) >= 11 is 2.30. The Morgan fingerprint density at radius 3 is 1.97 bits per heavy atom. The summed E-state index contributed by atoms with van der Waals surface area (Å²) in [7, 11) is -3.17. The molecule has 0 amide bonds. The number of rotatable bonds is 6. The van der Waals surface area contributed by atoms with E-state index in [4.69, 9.17) is 14.2 Å². The predicted molar refractivity (Wildman–Crippen MR) is 130 cm³/mol. The molecule has 3 aromatic rings. The second-order valence-electron chi connectivity index (χ2n) is 7.28. The quantitative estimate of drug-likeness (QED) is 0.254. The van der Waals surface area contributed by atoms with Gasteiger partial charge in [-0.05, 0) is 26.8 Å². The fourth-order valence-corrected chi connectivity index (χ4v) is 7.60. The summed E-state index contributed by atoms with van der Waals surface area (Å²) in [5.74, 6) is 1.82. The average molecular weight is 534 g/mol. The van der Waals surface area contributed by atoms with Crippen LogP contribution in [0.2, 0.25) is 0 Å². The van der Waals surface area contributed by atoms with E-state index in [0.717, 1.165) is 32.6 Å². The van der Waals surface area contributed by atoms with Crippen molar-refractivity contribution in [2.75, 3.05) is 13.4 Å². The molecule has 30 heavy (non-hydrogen) atoms. The number of aryl methyl sites for hydroxylation is 2. The number of hydrogen-bond acceptors (Lipinski definition) is 4. The number of alkyl halides is 1. The molecule has 0 spiro atoms. The number of hydrogen-bond donors (Lipinski definition) is 0. The Morgan fingerprint density at radius 2 is 1.47 bits per heavy atom. The van der Waals surface area contributed by atoms with E-state index in [2.05, 4.69) is 22.6 Å². The van der Waals surface area contributed by atoms with Crippen molar-refractivity contribution in [2.45, 2.75) is 25.2 Å². The number of ether oxygens (including phenoxy) is 3. The Labute approximate surface area is 191 Å². The molecule has 1 aliphatic heterocycles. The molecule has 0 unspecified atom stereocenters. The first-order valence-electron chi connectivity index (χ1n) is 9.88. The molecule has 0 radical (unpaired) electrons. The van der Waals surface area contributed by atoms with Crippen LogP contribution in [0.5, 0.6) is 17.2 Å². The van der Waals surface area contributed by atoms with Gasteiger partial charge in [-0.2, -0.15) is 0 Å². The van der Waals surface area contributed by atoms with Gasteiger partial charge in [-0.1, -0.05) is 82.2 Å². The van der Waals surface area contributed by atoms with Gasteiger partial charge in [0.1, 0.15) is 0 Å². The summed E-state index contributed by atoms with van der Waals surface area (Å²) in [5, 5.41) is 2.34. The molecule has 0 aliphatic carbocycles.